The Morgan fingerprint density at radius 2 is 2.33 bits per heavy atom. The van der Waals surface area contributed by atoms with Gasteiger partial charge >= 0.3 is 0 Å². The van der Waals surface area contributed by atoms with Crippen LogP contribution in [0, 0.1) is 11.3 Å². The Balaban J connectivity index is 2.13. The minimum absolute atomic E-state index is 0.236. The standard InChI is InChI=1S/C12H14N4O2/c1-16(2)6-5-14-11-9(8-13)15-12(18-11)10-4-3-7-17-10/h3-4,7,14H,5-6H2,1-2H3. The predicted molar refractivity (Wildman–Crippen MR) is 66.0 cm³/mol. The number of hydrogen-bond acceptors (Lipinski definition) is 6. The molecule has 0 atom stereocenters. The first-order valence-electron chi connectivity index (χ1n) is 5.54. The summed E-state index contributed by atoms with van der Waals surface area (Å²) in [5.74, 6) is 1.20. The van der Waals surface area contributed by atoms with Crippen LogP contribution >= 0.6 is 0 Å². The fraction of sp³-hybridized carbons (Fsp3) is 0.333. The fourth-order valence-corrected chi connectivity index (χ4v) is 1.41. The van der Waals surface area contributed by atoms with Gasteiger partial charge in [-0.05, 0) is 26.2 Å². The molecule has 6 nitrogen and oxygen atoms in total. The summed E-state index contributed by atoms with van der Waals surface area (Å²) in [4.78, 5) is 6.10. The quantitative estimate of drug-likeness (QED) is 0.866. The van der Waals surface area contributed by atoms with E-state index >= 15 is 0 Å². The summed E-state index contributed by atoms with van der Waals surface area (Å²) >= 11 is 0. The van der Waals surface area contributed by atoms with E-state index < -0.39 is 0 Å². The Labute approximate surface area is 105 Å². The molecule has 0 saturated heterocycles. The van der Waals surface area contributed by atoms with Crippen LogP contribution in [0.4, 0.5) is 5.88 Å². The summed E-state index contributed by atoms with van der Waals surface area (Å²) in [7, 11) is 3.95. The van der Waals surface area contributed by atoms with Crippen molar-refractivity contribution in [3.63, 3.8) is 0 Å². The van der Waals surface area contributed by atoms with Gasteiger partial charge in [0.05, 0.1) is 6.26 Å². The number of nitrogens with zero attached hydrogens (tertiary/aromatic N) is 3. The van der Waals surface area contributed by atoms with Crippen LogP contribution in [0.3, 0.4) is 0 Å². The molecule has 94 valence electrons. The van der Waals surface area contributed by atoms with Crippen LogP contribution in [0.1, 0.15) is 5.69 Å². The van der Waals surface area contributed by atoms with E-state index in [0.717, 1.165) is 6.54 Å². The number of likely N-dealkylation sites (N-methyl/N-ethyl adjacent to an activating group) is 1. The average molecular weight is 246 g/mol. The summed E-state index contributed by atoms with van der Waals surface area (Å²) in [5, 5.41) is 12.0. The van der Waals surface area contributed by atoms with Crippen LogP contribution in [0.5, 0.6) is 0 Å². The molecule has 0 spiro atoms. The highest BCUT2D eigenvalue weighted by molar-refractivity contribution is 5.54. The van der Waals surface area contributed by atoms with Crippen molar-refractivity contribution in [3.8, 4) is 17.7 Å². The second-order valence-electron chi connectivity index (χ2n) is 4.02. The molecule has 0 aromatic carbocycles. The van der Waals surface area contributed by atoms with Crippen LogP contribution in [0.15, 0.2) is 27.2 Å². The number of furan rings is 1. The molecule has 0 bridgehead atoms. The largest absolute Gasteiger partial charge is 0.459 e. The van der Waals surface area contributed by atoms with Gasteiger partial charge in [-0.2, -0.15) is 10.2 Å². The Bertz CT molecular complexity index is 537. The molecule has 6 heteroatoms. The molecule has 0 amide bonds. The van der Waals surface area contributed by atoms with E-state index in [4.69, 9.17) is 14.1 Å². The summed E-state index contributed by atoms with van der Waals surface area (Å²) in [6.45, 7) is 1.51. The molecular weight excluding hydrogens is 232 g/mol. The van der Waals surface area contributed by atoms with E-state index in [0.29, 0.717) is 24.1 Å². The van der Waals surface area contributed by atoms with Gasteiger partial charge in [0, 0.05) is 13.1 Å². The van der Waals surface area contributed by atoms with Gasteiger partial charge in [-0.15, -0.1) is 0 Å². The van der Waals surface area contributed by atoms with Gasteiger partial charge in [-0.1, -0.05) is 0 Å². The Kier molecular flexibility index (Phi) is 3.65. The number of anilines is 1. The molecule has 0 radical (unpaired) electrons. The zero-order chi connectivity index (χ0) is 13.0. The highest BCUT2D eigenvalue weighted by atomic mass is 16.4. The van der Waals surface area contributed by atoms with Crippen molar-refractivity contribution in [2.24, 2.45) is 0 Å². The van der Waals surface area contributed by atoms with E-state index in [1.54, 1.807) is 12.1 Å². The highest BCUT2D eigenvalue weighted by Crippen LogP contribution is 2.25. The molecule has 2 aromatic rings. The molecule has 0 aliphatic carbocycles. The van der Waals surface area contributed by atoms with Crippen molar-refractivity contribution in [1.29, 1.82) is 5.26 Å². The minimum atomic E-state index is 0.236. The molecule has 0 saturated carbocycles. The molecule has 2 rings (SSSR count). The number of nitrogens with one attached hydrogen (secondary N) is 1. The van der Waals surface area contributed by atoms with E-state index in [1.165, 1.54) is 6.26 Å². The lowest BCUT2D eigenvalue weighted by Crippen LogP contribution is -2.20. The van der Waals surface area contributed by atoms with Gasteiger partial charge in [0.2, 0.25) is 11.6 Å². The zero-order valence-electron chi connectivity index (χ0n) is 10.3. The Morgan fingerprint density at radius 1 is 1.50 bits per heavy atom. The van der Waals surface area contributed by atoms with Crippen molar-refractivity contribution in [3.05, 3.63) is 24.1 Å². The normalized spacial score (nSPS) is 10.6. The number of aromatic nitrogens is 1. The van der Waals surface area contributed by atoms with Gasteiger partial charge < -0.3 is 19.1 Å². The third-order valence-corrected chi connectivity index (χ3v) is 2.31. The SMILES string of the molecule is CN(C)CCNc1oc(-c2ccco2)nc1C#N. The van der Waals surface area contributed by atoms with Crippen molar-refractivity contribution in [2.45, 2.75) is 0 Å². The van der Waals surface area contributed by atoms with E-state index in [2.05, 4.69) is 10.3 Å². The Morgan fingerprint density at radius 3 is 2.94 bits per heavy atom. The molecule has 0 aliphatic heterocycles. The summed E-state index contributed by atoms with van der Waals surface area (Å²) < 4.78 is 10.6. The lowest BCUT2D eigenvalue weighted by molar-refractivity contribution is 0.423. The number of rotatable bonds is 5. The maximum atomic E-state index is 8.98. The molecule has 2 heterocycles. The second kappa shape index (κ2) is 5.38. The van der Waals surface area contributed by atoms with Crippen molar-refractivity contribution >= 4 is 5.88 Å². The third-order valence-electron chi connectivity index (χ3n) is 2.31. The van der Waals surface area contributed by atoms with Gasteiger partial charge in [0.15, 0.2) is 5.76 Å². The smallest absolute Gasteiger partial charge is 0.266 e. The van der Waals surface area contributed by atoms with Crippen molar-refractivity contribution in [2.75, 3.05) is 32.5 Å². The van der Waals surface area contributed by atoms with Crippen LogP contribution in [0.25, 0.3) is 11.7 Å². The van der Waals surface area contributed by atoms with Crippen molar-refractivity contribution < 1.29 is 8.83 Å². The maximum Gasteiger partial charge on any atom is 0.266 e. The van der Waals surface area contributed by atoms with Crippen LogP contribution < -0.4 is 5.32 Å². The van der Waals surface area contributed by atoms with E-state index in [-0.39, 0.29) is 5.69 Å². The second-order valence-corrected chi connectivity index (χ2v) is 4.02. The van der Waals surface area contributed by atoms with Crippen LogP contribution in [0.2, 0.25) is 0 Å². The molecule has 2 aromatic heterocycles. The monoisotopic (exact) mass is 246 g/mol. The van der Waals surface area contributed by atoms with E-state index in [1.807, 2.05) is 25.1 Å². The highest BCUT2D eigenvalue weighted by Gasteiger charge is 2.15. The number of oxazole rings is 1. The number of nitriles is 1. The minimum Gasteiger partial charge on any atom is -0.459 e. The lowest BCUT2D eigenvalue weighted by atomic mass is 10.4. The van der Waals surface area contributed by atoms with Gasteiger partial charge in [0.1, 0.15) is 6.07 Å². The molecule has 0 fully saturated rings. The summed E-state index contributed by atoms with van der Waals surface area (Å²) in [6, 6.07) is 5.47. The van der Waals surface area contributed by atoms with Crippen molar-refractivity contribution in [1.82, 2.24) is 9.88 Å². The summed E-state index contributed by atoms with van der Waals surface area (Å²) in [6.07, 6.45) is 1.53. The lowest BCUT2D eigenvalue weighted by Gasteiger charge is -2.09. The molecular formula is C12H14N4O2. The first kappa shape index (κ1) is 12.2. The predicted octanol–water partition coefficient (Wildman–Crippen LogP) is 1.78. The van der Waals surface area contributed by atoms with Gasteiger partial charge in [-0.3, -0.25) is 0 Å². The Hall–Kier alpha value is -2.26. The molecule has 18 heavy (non-hydrogen) atoms. The third kappa shape index (κ3) is 2.70. The first-order chi connectivity index (χ1) is 8.70. The van der Waals surface area contributed by atoms with Crippen LogP contribution in [-0.2, 0) is 0 Å². The molecule has 1 N–H and O–H groups in total. The average Bonchev–Trinajstić information content (AvgIpc) is 2.96. The molecule has 0 unspecified atom stereocenters. The molecule has 0 aliphatic rings. The maximum absolute atomic E-state index is 8.98. The van der Waals surface area contributed by atoms with E-state index in [9.17, 15) is 0 Å². The van der Waals surface area contributed by atoms with Crippen LogP contribution in [-0.4, -0.2) is 37.1 Å². The van der Waals surface area contributed by atoms with Gasteiger partial charge in [-0.25, -0.2) is 0 Å². The zero-order valence-corrected chi connectivity index (χ0v) is 10.3. The fourth-order valence-electron chi connectivity index (χ4n) is 1.41. The summed E-state index contributed by atoms with van der Waals surface area (Å²) in [5.41, 5.74) is 0.236. The topological polar surface area (TPSA) is 78.2 Å². The number of hydrogen-bond donors (Lipinski definition) is 1. The first-order valence-corrected chi connectivity index (χ1v) is 5.54. The van der Waals surface area contributed by atoms with Gasteiger partial charge in [0.25, 0.3) is 5.89 Å².